The normalized spacial score (nSPS) is 13.1. The summed E-state index contributed by atoms with van der Waals surface area (Å²) >= 11 is 0. The Hall–Kier alpha value is -0.749. The van der Waals surface area contributed by atoms with Crippen LogP contribution in [0.15, 0.2) is 12.7 Å². The summed E-state index contributed by atoms with van der Waals surface area (Å²) in [6, 6.07) is 2.12. The van der Waals surface area contributed by atoms with E-state index < -0.39 is 30.7 Å². The van der Waals surface area contributed by atoms with Crippen LogP contribution in [0.4, 0.5) is 0 Å². The lowest BCUT2D eigenvalue weighted by Crippen LogP contribution is -2.54. The molecular formula is C20H44N2O4Si3. The van der Waals surface area contributed by atoms with Crippen LogP contribution in [0.2, 0.25) is 51.4 Å². The average molecular weight is 461 g/mol. The molecule has 0 aromatic heterocycles. The highest BCUT2D eigenvalue weighted by Gasteiger charge is 2.39. The van der Waals surface area contributed by atoms with Gasteiger partial charge in [0, 0.05) is 6.54 Å². The second kappa shape index (κ2) is 11.6. The molecule has 0 aliphatic heterocycles. The van der Waals surface area contributed by atoms with Gasteiger partial charge in [0.15, 0.2) is 16.6 Å². The minimum absolute atomic E-state index is 0.199. The van der Waals surface area contributed by atoms with Crippen LogP contribution < -0.4 is 10.6 Å². The van der Waals surface area contributed by atoms with E-state index in [-0.39, 0.29) is 11.8 Å². The highest BCUT2D eigenvalue weighted by atomic mass is 28.5. The van der Waals surface area contributed by atoms with Crippen LogP contribution in [-0.2, 0) is 17.8 Å². The van der Waals surface area contributed by atoms with E-state index in [1.807, 2.05) is 0 Å². The number of unbranched alkanes of at least 4 members (excludes halogenated alkanes) is 1. The molecule has 0 aromatic rings. The standard InChI is InChI=1S/C20H44N2O4Si3/c1-11-13-16-27(5,6)25-29(9,10)26-28(7,8)17-14-15-21-19(24)20(3,4)22-18(23)12-2/h12H,2,11,13-17H2,1,3-10H3,(H,21,24)(H,22,23). The van der Waals surface area contributed by atoms with Gasteiger partial charge in [-0.2, -0.15) is 0 Å². The quantitative estimate of drug-likeness (QED) is 0.227. The van der Waals surface area contributed by atoms with Gasteiger partial charge in [-0.1, -0.05) is 26.3 Å². The third-order valence-corrected chi connectivity index (χ3v) is 16.1. The predicted octanol–water partition coefficient (Wildman–Crippen LogP) is 4.52. The zero-order valence-electron chi connectivity index (χ0n) is 20.2. The van der Waals surface area contributed by atoms with Gasteiger partial charge in [0.05, 0.1) is 0 Å². The van der Waals surface area contributed by atoms with Crippen molar-refractivity contribution < 1.29 is 17.8 Å². The molecule has 0 unspecified atom stereocenters. The van der Waals surface area contributed by atoms with Gasteiger partial charge >= 0.3 is 8.56 Å². The van der Waals surface area contributed by atoms with Crippen molar-refractivity contribution in [3.8, 4) is 0 Å². The van der Waals surface area contributed by atoms with E-state index in [1.54, 1.807) is 13.8 Å². The van der Waals surface area contributed by atoms with Gasteiger partial charge in [-0.15, -0.1) is 0 Å². The predicted molar refractivity (Wildman–Crippen MR) is 129 cm³/mol. The lowest BCUT2D eigenvalue weighted by molar-refractivity contribution is -0.130. The molecule has 9 heteroatoms. The zero-order valence-corrected chi connectivity index (χ0v) is 23.2. The lowest BCUT2D eigenvalue weighted by Gasteiger charge is -2.38. The fourth-order valence-corrected chi connectivity index (χ4v) is 17.6. The summed E-state index contributed by atoms with van der Waals surface area (Å²) in [5.74, 6) is -0.556. The molecule has 0 heterocycles. The van der Waals surface area contributed by atoms with Gasteiger partial charge in [-0.3, -0.25) is 9.59 Å². The Morgan fingerprint density at radius 3 is 1.90 bits per heavy atom. The number of amides is 2. The SMILES string of the molecule is C=CC(=O)NC(C)(C)C(=O)NCCC[Si](C)(C)O[Si](C)(C)O[Si](C)(C)CCCC. The second-order valence-electron chi connectivity index (χ2n) is 9.90. The fraction of sp³-hybridized carbons (Fsp3) is 0.800. The summed E-state index contributed by atoms with van der Waals surface area (Å²) in [5, 5.41) is 5.55. The minimum atomic E-state index is -2.18. The van der Waals surface area contributed by atoms with E-state index in [0.29, 0.717) is 6.54 Å². The van der Waals surface area contributed by atoms with Crippen LogP contribution in [-0.4, -0.2) is 49.1 Å². The number of hydrogen-bond acceptors (Lipinski definition) is 4. The van der Waals surface area contributed by atoms with E-state index in [4.69, 9.17) is 8.23 Å². The summed E-state index contributed by atoms with van der Waals surface area (Å²) < 4.78 is 13.2. The fourth-order valence-electron chi connectivity index (χ4n) is 3.41. The number of rotatable bonds is 14. The molecule has 0 spiro atoms. The van der Waals surface area contributed by atoms with Crippen LogP contribution in [0, 0.1) is 0 Å². The molecule has 0 bridgehead atoms. The van der Waals surface area contributed by atoms with Crippen LogP contribution in [0.25, 0.3) is 0 Å². The van der Waals surface area contributed by atoms with E-state index in [2.05, 4.69) is 63.4 Å². The van der Waals surface area contributed by atoms with E-state index in [1.165, 1.54) is 25.0 Å². The average Bonchev–Trinajstić information content (AvgIpc) is 2.54. The second-order valence-corrected chi connectivity index (χ2v) is 22.4. The van der Waals surface area contributed by atoms with Gasteiger partial charge < -0.3 is 18.9 Å². The maximum absolute atomic E-state index is 12.3. The molecule has 170 valence electrons. The molecular weight excluding hydrogens is 416 g/mol. The molecule has 0 aromatic carbocycles. The van der Waals surface area contributed by atoms with Crippen molar-refractivity contribution in [2.75, 3.05) is 6.54 Å². The van der Waals surface area contributed by atoms with Crippen molar-refractivity contribution in [2.24, 2.45) is 0 Å². The van der Waals surface area contributed by atoms with Crippen LogP contribution in [0.3, 0.4) is 0 Å². The Morgan fingerprint density at radius 2 is 1.45 bits per heavy atom. The molecule has 0 fully saturated rings. The molecule has 2 N–H and O–H groups in total. The molecule has 0 rings (SSSR count). The molecule has 0 saturated carbocycles. The first-order valence-electron chi connectivity index (χ1n) is 10.7. The van der Waals surface area contributed by atoms with Gasteiger partial charge in [-0.25, -0.2) is 0 Å². The molecule has 0 radical (unpaired) electrons. The summed E-state index contributed by atoms with van der Waals surface area (Å²) in [4.78, 5) is 23.8. The van der Waals surface area contributed by atoms with Gasteiger partial charge in [0.2, 0.25) is 11.8 Å². The van der Waals surface area contributed by atoms with Crippen molar-refractivity contribution in [1.82, 2.24) is 10.6 Å². The van der Waals surface area contributed by atoms with E-state index >= 15 is 0 Å². The van der Waals surface area contributed by atoms with Gasteiger partial charge in [0.1, 0.15) is 5.54 Å². The van der Waals surface area contributed by atoms with Gasteiger partial charge in [0.25, 0.3) is 0 Å². The largest absolute Gasteiger partial charge is 0.437 e. The van der Waals surface area contributed by atoms with Crippen LogP contribution in [0.5, 0.6) is 0 Å². The molecule has 0 aliphatic carbocycles. The monoisotopic (exact) mass is 460 g/mol. The van der Waals surface area contributed by atoms with Crippen LogP contribution in [0.1, 0.15) is 40.0 Å². The van der Waals surface area contributed by atoms with E-state index in [0.717, 1.165) is 12.5 Å². The van der Waals surface area contributed by atoms with Crippen molar-refractivity contribution in [1.29, 1.82) is 0 Å². The Labute approximate surface area is 181 Å². The molecule has 2 amide bonds. The zero-order chi connectivity index (χ0) is 22.9. The Morgan fingerprint density at radius 1 is 0.966 bits per heavy atom. The first-order chi connectivity index (χ1) is 13.1. The summed E-state index contributed by atoms with van der Waals surface area (Å²) in [5.41, 5.74) is -0.966. The smallest absolute Gasteiger partial charge is 0.311 e. The highest BCUT2D eigenvalue weighted by molar-refractivity contribution is 6.87. The van der Waals surface area contributed by atoms with Crippen molar-refractivity contribution >= 4 is 37.0 Å². The summed E-state index contributed by atoms with van der Waals surface area (Å²) in [6.07, 6.45) is 4.43. The molecule has 0 atom stereocenters. The highest BCUT2D eigenvalue weighted by Crippen LogP contribution is 2.26. The van der Waals surface area contributed by atoms with Crippen molar-refractivity contribution in [2.45, 2.75) is 96.9 Å². The van der Waals surface area contributed by atoms with Crippen molar-refractivity contribution in [3.63, 3.8) is 0 Å². The third-order valence-electron chi connectivity index (χ3n) is 4.61. The number of carbonyl (C=O) groups is 2. The number of hydrogen-bond donors (Lipinski definition) is 2. The minimum Gasteiger partial charge on any atom is -0.437 e. The van der Waals surface area contributed by atoms with E-state index in [9.17, 15) is 9.59 Å². The Balaban J connectivity index is 4.52. The summed E-state index contributed by atoms with van der Waals surface area (Å²) in [6.45, 7) is 22.9. The molecule has 0 saturated heterocycles. The summed E-state index contributed by atoms with van der Waals surface area (Å²) in [7, 11) is -5.76. The Kier molecular flexibility index (Phi) is 11.3. The van der Waals surface area contributed by atoms with Crippen molar-refractivity contribution in [3.05, 3.63) is 12.7 Å². The number of nitrogens with one attached hydrogen (secondary N) is 2. The Bertz CT molecular complexity index is 564. The van der Waals surface area contributed by atoms with Crippen LogP contribution >= 0.6 is 0 Å². The molecule has 6 nitrogen and oxygen atoms in total. The number of carbonyl (C=O) groups excluding carboxylic acids is 2. The lowest BCUT2D eigenvalue weighted by atomic mass is 10.0. The topological polar surface area (TPSA) is 76.7 Å². The molecule has 29 heavy (non-hydrogen) atoms. The van der Waals surface area contributed by atoms with Gasteiger partial charge in [-0.05, 0) is 77.7 Å². The third kappa shape index (κ3) is 12.5. The maximum atomic E-state index is 12.3. The molecule has 0 aliphatic rings. The first kappa shape index (κ1) is 28.3. The maximum Gasteiger partial charge on any atom is 0.311 e. The first-order valence-corrected chi connectivity index (χ1v) is 19.7.